The number of aryl methyl sites for hydroxylation is 1. The van der Waals surface area contributed by atoms with Gasteiger partial charge in [0.1, 0.15) is 6.54 Å². The molecule has 0 unspecified atom stereocenters. The summed E-state index contributed by atoms with van der Waals surface area (Å²) in [6.07, 6.45) is 2.14. The highest BCUT2D eigenvalue weighted by Crippen LogP contribution is 2.27. The standard InChI is InChI=1S/C18H21N2O/c1-14(2)12-20-19(17-10-6-4-8-15(17)3)13-16-9-5-7-11-18(16)21-20/h4-11,13-14H,12H2,1-3H3/q+1. The Balaban J connectivity index is 2.09. The van der Waals surface area contributed by atoms with E-state index in [1.165, 1.54) is 5.56 Å². The van der Waals surface area contributed by atoms with Gasteiger partial charge < -0.3 is 4.84 Å². The lowest BCUT2D eigenvalue weighted by Gasteiger charge is -2.25. The predicted molar refractivity (Wildman–Crippen MR) is 84.9 cm³/mol. The van der Waals surface area contributed by atoms with Gasteiger partial charge in [0.2, 0.25) is 11.9 Å². The monoisotopic (exact) mass is 281 g/mol. The minimum absolute atomic E-state index is 0.509. The maximum Gasteiger partial charge on any atom is 0.241 e. The van der Waals surface area contributed by atoms with Crippen LogP contribution in [0.1, 0.15) is 25.0 Å². The average Bonchev–Trinajstić information content (AvgIpc) is 2.47. The first-order chi connectivity index (χ1) is 10.1. The zero-order valence-corrected chi connectivity index (χ0v) is 12.8. The summed E-state index contributed by atoms with van der Waals surface area (Å²) in [5.41, 5.74) is 3.47. The van der Waals surface area contributed by atoms with Crippen molar-refractivity contribution in [2.45, 2.75) is 20.8 Å². The zero-order valence-electron chi connectivity index (χ0n) is 12.8. The van der Waals surface area contributed by atoms with Crippen LogP contribution >= 0.6 is 0 Å². The molecule has 108 valence electrons. The molecule has 0 fully saturated rings. The molecule has 0 radical (unpaired) electrons. The van der Waals surface area contributed by atoms with E-state index in [-0.39, 0.29) is 0 Å². The molecule has 1 aliphatic rings. The van der Waals surface area contributed by atoms with Gasteiger partial charge in [0.05, 0.1) is 5.56 Å². The topological polar surface area (TPSA) is 15.5 Å². The molecule has 3 heteroatoms. The second-order valence-corrected chi connectivity index (χ2v) is 5.82. The molecule has 0 amide bonds. The summed E-state index contributed by atoms with van der Waals surface area (Å²) in [4.78, 5) is 6.09. The number of hydrogen-bond donors (Lipinski definition) is 0. The number of fused-ring (bicyclic) bond motifs is 1. The van der Waals surface area contributed by atoms with Crippen molar-refractivity contribution in [3.8, 4) is 5.75 Å². The van der Waals surface area contributed by atoms with Crippen LogP contribution in [-0.4, -0.2) is 22.6 Å². The molecule has 0 aromatic heterocycles. The normalized spacial score (nSPS) is 13.7. The fourth-order valence-corrected chi connectivity index (χ4v) is 2.47. The molecule has 3 rings (SSSR count). The van der Waals surface area contributed by atoms with Crippen molar-refractivity contribution in [1.29, 1.82) is 0 Å². The van der Waals surface area contributed by atoms with Crippen LogP contribution in [0.2, 0.25) is 0 Å². The van der Waals surface area contributed by atoms with E-state index < -0.39 is 0 Å². The van der Waals surface area contributed by atoms with E-state index >= 15 is 0 Å². The number of para-hydroxylation sites is 2. The molecule has 0 atom stereocenters. The number of benzene rings is 2. The van der Waals surface area contributed by atoms with Gasteiger partial charge in [-0.2, -0.15) is 0 Å². The molecule has 1 aliphatic heterocycles. The van der Waals surface area contributed by atoms with Crippen LogP contribution in [0.4, 0.5) is 5.69 Å². The Morgan fingerprint density at radius 2 is 1.76 bits per heavy atom. The predicted octanol–water partition coefficient (Wildman–Crippen LogP) is 3.94. The van der Waals surface area contributed by atoms with Crippen molar-refractivity contribution >= 4 is 11.9 Å². The highest BCUT2D eigenvalue weighted by Gasteiger charge is 2.29. The van der Waals surface area contributed by atoms with Crippen LogP contribution in [0.3, 0.4) is 0 Å². The molecule has 1 heterocycles. The Morgan fingerprint density at radius 1 is 1.05 bits per heavy atom. The molecule has 0 N–H and O–H groups in total. The van der Waals surface area contributed by atoms with E-state index in [2.05, 4.69) is 62.0 Å². The average molecular weight is 281 g/mol. The third-order valence-electron chi connectivity index (χ3n) is 3.51. The van der Waals surface area contributed by atoms with E-state index in [1.807, 2.05) is 23.4 Å². The number of hydrazone groups is 1. The summed E-state index contributed by atoms with van der Waals surface area (Å²) in [5, 5.41) is 1.94. The van der Waals surface area contributed by atoms with Gasteiger partial charge in [-0.25, -0.2) is 0 Å². The van der Waals surface area contributed by atoms with Gasteiger partial charge in [0.25, 0.3) is 0 Å². The number of hydrogen-bond acceptors (Lipinski definition) is 2. The Hall–Kier alpha value is -2.29. The van der Waals surface area contributed by atoms with Gasteiger partial charge in [0, 0.05) is 11.6 Å². The maximum absolute atomic E-state index is 6.09. The lowest BCUT2D eigenvalue weighted by atomic mass is 10.1. The van der Waals surface area contributed by atoms with Crippen molar-refractivity contribution in [2.75, 3.05) is 6.54 Å². The van der Waals surface area contributed by atoms with Crippen LogP contribution < -0.4 is 4.84 Å². The maximum atomic E-state index is 6.09. The largest absolute Gasteiger partial charge is 0.331 e. The highest BCUT2D eigenvalue weighted by atomic mass is 16.7. The Bertz CT molecular complexity index is 676. The molecule has 3 nitrogen and oxygen atoms in total. The fraction of sp³-hybridized carbons (Fsp3) is 0.278. The minimum atomic E-state index is 0.509. The summed E-state index contributed by atoms with van der Waals surface area (Å²) in [6, 6.07) is 16.5. The molecule has 0 saturated heterocycles. The number of nitrogens with zero attached hydrogens (tertiary/aromatic N) is 2. The van der Waals surface area contributed by atoms with Crippen LogP contribution in [0.15, 0.2) is 48.5 Å². The first-order valence-corrected chi connectivity index (χ1v) is 7.39. The van der Waals surface area contributed by atoms with E-state index in [4.69, 9.17) is 4.84 Å². The van der Waals surface area contributed by atoms with Crippen LogP contribution in [0.25, 0.3) is 0 Å². The van der Waals surface area contributed by atoms with Crippen molar-refractivity contribution < 1.29 is 9.52 Å². The second-order valence-electron chi connectivity index (χ2n) is 5.82. The molecule has 0 spiro atoms. The van der Waals surface area contributed by atoms with E-state index in [1.54, 1.807) is 0 Å². The van der Waals surface area contributed by atoms with Gasteiger partial charge in [-0.15, -0.1) is 0 Å². The van der Waals surface area contributed by atoms with Gasteiger partial charge in [-0.1, -0.05) is 44.2 Å². The molecule has 2 aromatic rings. The number of hydroxylamine groups is 1. The fourth-order valence-electron chi connectivity index (χ4n) is 2.47. The first-order valence-electron chi connectivity index (χ1n) is 7.39. The summed E-state index contributed by atoms with van der Waals surface area (Å²) in [6.45, 7) is 7.34. The second kappa shape index (κ2) is 5.60. The van der Waals surface area contributed by atoms with E-state index in [0.29, 0.717) is 5.92 Å². The Morgan fingerprint density at radius 3 is 2.52 bits per heavy atom. The molecular weight excluding hydrogens is 260 g/mol. The SMILES string of the molecule is Cc1ccccc1[N+]1=Cc2ccccc2ON1CC(C)C. The quantitative estimate of drug-likeness (QED) is 0.792. The van der Waals surface area contributed by atoms with Gasteiger partial charge in [-0.3, -0.25) is 0 Å². The molecule has 2 aromatic carbocycles. The van der Waals surface area contributed by atoms with Crippen LogP contribution in [-0.2, 0) is 0 Å². The lowest BCUT2D eigenvalue weighted by Crippen LogP contribution is -2.41. The molecule has 0 saturated carbocycles. The summed E-state index contributed by atoms with van der Waals surface area (Å²) >= 11 is 0. The van der Waals surface area contributed by atoms with Crippen LogP contribution in [0, 0.1) is 12.8 Å². The van der Waals surface area contributed by atoms with E-state index in [0.717, 1.165) is 23.5 Å². The van der Waals surface area contributed by atoms with Crippen molar-refractivity contribution in [2.24, 2.45) is 5.92 Å². The lowest BCUT2D eigenvalue weighted by molar-refractivity contribution is -0.691. The smallest absolute Gasteiger partial charge is 0.241 e. The highest BCUT2D eigenvalue weighted by molar-refractivity contribution is 5.81. The Labute approximate surface area is 126 Å². The summed E-state index contributed by atoms with van der Waals surface area (Å²) in [7, 11) is 0. The molecule has 21 heavy (non-hydrogen) atoms. The summed E-state index contributed by atoms with van der Waals surface area (Å²) < 4.78 is 2.11. The summed E-state index contributed by atoms with van der Waals surface area (Å²) in [5.74, 6) is 1.41. The Kier molecular flexibility index (Phi) is 3.65. The van der Waals surface area contributed by atoms with Gasteiger partial charge in [0.15, 0.2) is 5.75 Å². The van der Waals surface area contributed by atoms with E-state index in [9.17, 15) is 0 Å². The molecule has 0 aliphatic carbocycles. The van der Waals surface area contributed by atoms with Gasteiger partial charge >= 0.3 is 0 Å². The molecule has 0 bridgehead atoms. The minimum Gasteiger partial charge on any atom is -0.331 e. The molecular formula is C18H21N2O+. The number of hydrazine groups is 1. The number of rotatable bonds is 3. The van der Waals surface area contributed by atoms with Crippen molar-refractivity contribution in [3.05, 3.63) is 59.7 Å². The zero-order chi connectivity index (χ0) is 14.8. The first kappa shape index (κ1) is 13.7. The van der Waals surface area contributed by atoms with Crippen LogP contribution in [0.5, 0.6) is 5.75 Å². The van der Waals surface area contributed by atoms with Gasteiger partial charge in [-0.05, 0) is 34.8 Å². The van der Waals surface area contributed by atoms with Crippen molar-refractivity contribution in [3.63, 3.8) is 0 Å². The van der Waals surface area contributed by atoms with Crippen molar-refractivity contribution in [1.82, 2.24) is 5.17 Å². The third-order valence-corrected chi connectivity index (χ3v) is 3.51. The third kappa shape index (κ3) is 2.77.